The zero-order valence-corrected chi connectivity index (χ0v) is 6.05. The second-order valence-electron chi connectivity index (χ2n) is 2.53. The number of fused-ring (bicyclic) bond motifs is 1. The van der Waals surface area contributed by atoms with Crippen LogP contribution in [0.2, 0.25) is 0 Å². The molecule has 2 heterocycles. The Hall–Kier alpha value is -1.25. The van der Waals surface area contributed by atoms with Crippen molar-refractivity contribution in [3.63, 3.8) is 0 Å². The van der Waals surface area contributed by atoms with Crippen molar-refractivity contribution in [3.8, 4) is 0 Å². The van der Waals surface area contributed by atoms with Gasteiger partial charge in [0.05, 0.1) is 6.20 Å². The molecule has 52 valence electrons. The molecule has 3 nitrogen and oxygen atoms in total. The molecule has 0 spiro atoms. The fourth-order valence-electron chi connectivity index (χ4n) is 1.10. The maximum atomic E-state index is 4.15. The van der Waals surface area contributed by atoms with Gasteiger partial charge in [-0.2, -0.15) is 0 Å². The van der Waals surface area contributed by atoms with Gasteiger partial charge in [0, 0.05) is 17.6 Å². The van der Waals surface area contributed by atoms with E-state index in [0.29, 0.717) is 0 Å². The van der Waals surface area contributed by atoms with Crippen LogP contribution in [-0.2, 0) is 0 Å². The van der Waals surface area contributed by atoms with Crippen LogP contribution in [0.1, 0.15) is 11.4 Å². The molecule has 0 saturated carbocycles. The second-order valence-corrected chi connectivity index (χ2v) is 2.53. The van der Waals surface area contributed by atoms with Gasteiger partial charge in [0.1, 0.15) is 0 Å². The van der Waals surface area contributed by atoms with E-state index in [1.165, 1.54) is 5.69 Å². The molecule has 0 radical (unpaired) electrons. The smallest absolute Gasteiger partial charge is 0.211 e. The van der Waals surface area contributed by atoms with E-state index >= 15 is 0 Å². The molecule has 3 heteroatoms. The quantitative estimate of drug-likeness (QED) is 0.580. The highest BCUT2D eigenvalue weighted by Gasteiger charge is 1.98. The Morgan fingerprint density at radius 2 is 2.30 bits per heavy atom. The molecule has 0 unspecified atom stereocenters. The number of hydrogen-bond acceptors (Lipinski definition) is 1. The predicted octanol–water partition coefficient (Wildman–Crippen LogP) is 1.28. The summed E-state index contributed by atoms with van der Waals surface area (Å²) < 4.78 is 2.04. The van der Waals surface area contributed by atoms with Gasteiger partial charge in [-0.3, -0.25) is 4.40 Å². The predicted molar refractivity (Wildman–Crippen MR) is 39.0 cm³/mol. The molecule has 10 heavy (non-hydrogen) atoms. The maximum Gasteiger partial charge on any atom is 0.211 e. The Bertz CT molecular complexity index is 356. The minimum atomic E-state index is 0.926. The van der Waals surface area contributed by atoms with Crippen molar-refractivity contribution in [1.29, 1.82) is 0 Å². The summed E-state index contributed by atoms with van der Waals surface area (Å²) in [5.74, 6) is 0.926. The Morgan fingerprint density at radius 3 is 3.00 bits per heavy atom. The molecule has 0 aliphatic carbocycles. The van der Waals surface area contributed by atoms with E-state index in [1.807, 2.05) is 30.6 Å². The SMILES string of the molecule is Cc1cn2c(C)cnc2[nH]1. The van der Waals surface area contributed by atoms with Crippen molar-refractivity contribution in [2.45, 2.75) is 13.8 Å². The van der Waals surface area contributed by atoms with Crippen molar-refractivity contribution in [2.75, 3.05) is 0 Å². The number of nitrogens with zero attached hydrogens (tertiary/aromatic N) is 2. The Balaban J connectivity index is 2.90. The number of nitrogens with one attached hydrogen (secondary N) is 1. The van der Waals surface area contributed by atoms with E-state index in [-0.39, 0.29) is 0 Å². The summed E-state index contributed by atoms with van der Waals surface area (Å²) in [5.41, 5.74) is 2.31. The standard InChI is InChI=1S/C7H9N3/c1-5-4-10-6(2)3-8-7(10)9-5/h3-4H,1-2H3,(H,8,9). The summed E-state index contributed by atoms with van der Waals surface area (Å²) in [6.07, 6.45) is 3.89. The Labute approximate surface area is 58.7 Å². The van der Waals surface area contributed by atoms with E-state index in [2.05, 4.69) is 9.97 Å². The lowest BCUT2D eigenvalue weighted by Gasteiger charge is -1.82. The Morgan fingerprint density at radius 1 is 1.50 bits per heavy atom. The van der Waals surface area contributed by atoms with Gasteiger partial charge in [-0.1, -0.05) is 0 Å². The van der Waals surface area contributed by atoms with Gasteiger partial charge in [0.2, 0.25) is 5.78 Å². The van der Waals surface area contributed by atoms with Crippen LogP contribution in [0.25, 0.3) is 5.78 Å². The first-order chi connectivity index (χ1) is 4.77. The molecule has 0 aromatic carbocycles. The van der Waals surface area contributed by atoms with Crippen LogP contribution < -0.4 is 0 Å². The largest absolute Gasteiger partial charge is 0.328 e. The number of hydrogen-bond donors (Lipinski definition) is 1. The summed E-state index contributed by atoms with van der Waals surface area (Å²) in [6.45, 7) is 4.06. The molecule has 1 N–H and O–H groups in total. The van der Waals surface area contributed by atoms with E-state index in [1.54, 1.807) is 0 Å². The zero-order chi connectivity index (χ0) is 7.14. The average Bonchev–Trinajstić information content (AvgIpc) is 2.35. The minimum absolute atomic E-state index is 0.926. The van der Waals surface area contributed by atoms with Crippen molar-refractivity contribution in [1.82, 2.24) is 14.4 Å². The first-order valence-corrected chi connectivity index (χ1v) is 3.26. The fraction of sp³-hybridized carbons (Fsp3) is 0.286. The molecule has 0 saturated heterocycles. The Kier molecular flexibility index (Phi) is 0.897. The van der Waals surface area contributed by atoms with Crippen LogP contribution in [0.3, 0.4) is 0 Å². The van der Waals surface area contributed by atoms with E-state index < -0.39 is 0 Å². The zero-order valence-electron chi connectivity index (χ0n) is 6.05. The topological polar surface area (TPSA) is 33.1 Å². The highest BCUT2D eigenvalue weighted by molar-refractivity contribution is 5.33. The molecular formula is C7H9N3. The minimum Gasteiger partial charge on any atom is -0.328 e. The summed E-state index contributed by atoms with van der Waals surface area (Å²) >= 11 is 0. The lowest BCUT2D eigenvalue weighted by atomic mass is 10.5. The number of H-pyrrole nitrogens is 1. The lowest BCUT2D eigenvalue weighted by Crippen LogP contribution is -1.77. The molecule has 2 rings (SSSR count). The molecule has 0 aliphatic rings. The van der Waals surface area contributed by atoms with Gasteiger partial charge in [0.25, 0.3) is 0 Å². The molecule has 0 atom stereocenters. The molecule has 0 bridgehead atoms. The van der Waals surface area contributed by atoms with Crippen molar-refractivity contribution in [2.24, 2.45) is 0 Å². The van der Waals surface area contributed by atoms with Gasteiger partial charge in [-0.05, 0) is 13.8 Å². The van der Waals surface area contributed by atoms with Gasteiger partial charge in [-0.25, -0.2) is 4.98 Å². The fourth-order valence-corrected chi connectivity index (χ4v) is 1.10. The molecular weight excluding hydrogens is 126 g/mol. The van der Waals surface area contributed by atoms with Crippen molar-refractivity contribution >= 4 is 5.78 Å². The highest BCUT2D eigenvalue weighted by Crippen LogP contribution is 2.04. The summed E-state index contributed by atoms with van der Waals surface area (Å²) in [5, 5.41) is 0. The van der Waals surface area contributed by atoms with Crippen LogP contribution in [0.15, 0.2) is 12.4 Å². The van der Waals surface area contributed by atoms with Crippen LogP contribution in [0, 0.1) is 13.8 Å². The van der Waals surface area contributed by atoms with Crippen LogP contribution in [0.4, 0.5) is 0 Å². The van der Waals surface area contributed by atoms with Crippen LogP contribution in [0.5, 0.6) is 0 Å². The van der Waals surface area contributed by atoms with Gasteiger partial charge in [0.15, 0.2) is 0 Å². The molecule has 0 fully saturated rings. The number of imidazole rings is 2. The molecule has 2 aromatic rings. The summed E-state index contributed by atoms with van der Waals surface area (Å²) in [4.78, 5) is 7.28. The summed E-state index contributed by atoms with van der Waals surface area (Å²) in [6, 6.07) is 0. The van der Waals surface area contributed by atoms with Crippen molar-refractivity contribution in [3.05, 3.63) is 23.8 Å². The van der Waals surface area contributed by atoms with E-state index in [9.17, 15) is 0 Å². The van der Waals surface area contributed by atoms with E-state index in [4.69, 9.17) is 0 Å². The average molecular weight is 135 g/mol. The third-order valence-corrected chi connectivity index (χ3v) is 1.61. The first-order valence-electron chi connectivity index (χ1n) is 3.26. The highest BCUT2D eigenvalue weighted by atomic mass is 15.1. The summed E-state index contributed by atoms with van der Waals surface area (Å²) in [7, 11) is 0. The first kappa shape index (κ1) is 5.53. The number of rotatable bonds is 0. The third kappa shape index (κ3) is 0.572. The third-order valence-electron chi connectivity index (χ3n) is 1.61. The van der Waals surface area contributed by atoms with Crippen LogP contribution in [-0.4, -0.2) is 14.4 Å². The molecule has 0 aliphatic heterocycles. The number of aryl methyl sites for hydroxylation is 2. The van der Waals surface area contributed by atoms with Crippen LogP contribution >= 0.6 is 0 Å². The molecule has 2 aromatic heterocycles. The number of aromatic amines is 1. The monoisotopic (exact) mass is 135 g/mol. The van der Waals surface area contributed by atoms with Gasteiger partial charge >= 0.3 is 0 Å². The lowest BCUT2D eigenvalue weighted by molar-refractivity contribution is 1.13. The second kappa shape index (κ2) is 1.62. The van der Waals surface area contributed by atoms with E-state index in [0.717, 1.165) is 11.5 Å². The number of aromatic nitrogens is 3. The van der Waals surface area contributed by atoms with Gasteiger partial charge in [-0.15, -0.1) is 0 Å². The van der Waals surface area contributed by atoms with Crippen molar-refractivity contribution < 1.29 is 0 Å². The van der Waals surface area contributed by atoms with Gasteiger partial charge < -0.3 is 4.98 Å². The normalized spacial score (nSPS) is 11.0. The molecule has 0 amide bonds. The maximum absolute atomic E-state index is 4.15.